The minimum Gasteiger partial charge on any atom is -0.256 e. The van der Waals surface area contributed by atoms with Crippen LogP contribution < -0.4 is 0 Å². The molecule has 0 unspecified atom stereocenters. The van der Waals surface area contributed by atoms with Crippen LogP contribution in [0, 0.1) is 0 Å². The summed E-state index contributed by atoms with van der Waals surface area (Å²) in [5.74, 6) is 0.519. The number of rotatable bonds is 3. The summed E-state index contributed by atoms with van der Waals surface area (Å²) in [6.45, 7) is 10.1. The van der Waals surface area contributed by atoms with E-state index in [0.29, 0.717) is 5.92 Å². The third kappa shape index (κ3) is 2.32. The molecule has 0 atom stereocenters. The molecule has 0 aliphatic carbocycles. The SMILES string of the molecule is C=Cc1ncc(C(C)C)cc1/C=C\C. The van der Waals surface area contributed by atoms with Gasteiger partial charge in [0, 0.05) is 11.8 Å². The van der Waals surface area contributed by atoms with Crippen LogP contribution in [-0.4, -0.2) is 4.98 Å². The van der Waals surface area contributed by atoms with Crippen molar-refractivity contribution in [3.05, 3.63) is 41.7 Å². The van der Waals surface area contributed by atoms with Gasteiger partial charge in [-0.1, -0.05) is 32.6 Å². The fourth-order valence-electron chi connectivity index (χ4n) is 1.31. The van der Waals surface area contributed by atoms with Gasteiger partial charge in [-0.05, 0) is 30.5 Å². The van der Waals surface area contributed by atoms with Crippen molar-refractivity contribution in [2.24, 2.45) is 0 Å². The van der Waals surface area contributed by atoms with Crippen molar-refractivity contribution in [3.8, 4) is 0 Å². The highest BCUT2D eigenvalue weighted by atomic mass is 14.7. The van der Waals surface area contributed by atoms with Crippen LogP contribution in [0.25, 0.3) is 12.2 Å². The number of aromatic nitrogens is 1. The zero-order valence-corrected chi connectivity index (χ0v) is 9.12. The van der Waals surface area contributed by atoms with Crippen LogP contribution in [0.15, 0.2) is 24.9 Å². The average molecular weight is 187 g/mol. The Morgan fingerprint density at radius 3 is 2.64 bits per heavy atom. The average Bonchev–Trinajstić information content (AvgIpc) is 2.18. The monoisotopic (exact) mass is 187 g/mol. The maximum atomic E-state index is 4.37. The maximum Gasteiger partial charge on any atom is 0.0696 e. The second-order valence-electron chi connectivity index (χ2n) is 3.60. The fourth-order valence-corrected chi connectivity index (χ4v) is 1.31. The lowest BCUT2D eigenvalue weighted by Gasteiger charge is -2.07. The number of hydrogen-bond donors (Lipinski definition) is 0. The van der Waals surface area contributed by atoms with Crippen molar-refractivity contribution in [2.75, 3.05) is 0 Å². The molecule has 0 aromatic carbocycles. The first-order valence-corrected chi connectivity index (χ1v) is 4.94. The Morgan fingerprint density at radius 2 is 2.14 bits per heavy atom. The summed E-state index contributed by atoms with van der Waals surface area (Å²) in [4.78, 5) is 4.37. The molecular weight excluding hydrogens is 170 g/mol. The van der Waals surface area contributed by atoms with Gasteiger partial charge in [0.15, 0.2) is 0 Å². The summed E-state index contributed by atoms with van der Waals surface area (Å²) in [5, 5.41) is 0. The van der Waals surface area contributed by atoms with Crippen LogP contribution in [0.5, 0.6) is 0 Å². The van der Waals surface area contributed by atoms with Gasteiger partial charge in [0.25, 0.3) is 0 Å². The van der Waals surface area contributed by atoms with E-state index in [9.17, 15) is 0 Å². The highest BCUT2D eigenvalue weighted by Crippen LogP contribution is 2.18. The van der Waals surface area contributed by atoms with E-state index in [1.54, 1.807) is 6.08 Å². The van der Waals surface area contributed by atoms with E-state index in [2.05, 4.69) is 37.6 Å². The molecule has 0 amide bonds. The summed E-state index contributed by atoms with van der Waals surface area (Å²) in [5.41, 5.74) is 3.37. The predicted molar refractivity (Wildman–Crippen MR) is 63.1 cm³/mol. The lowest BCUT2D eigenvalue weighted by molar-refractivity contribution is 0.857. The van der Waals surface area contributed by atoms with Crippen molar-refractivity contribution >= 4 is 12.2 Å². The van der Waals surface area contributed by atoms with Crippen LogP contribution in [0.3, 0.4) is 0 Å². The Morgan fingerprint density at radius 1 is 1.43 bits per heavy atom. The van der Waals surface area contributed by atoms with Gasteiger partial charge in [-0.3, -0.25) is 4.98 Å². The standard InChI is InChI=1S/C13H17N/c1-5-7-11-8-12(10(3)4)9-14-13(11)6-2/h5-10H,2H2,1,3-4H3/b7-5-. The van der Waals surface area contributed by atoms with Crippen molar-refractivity contribution in [2.45, 2.75) is 26.7 Å². The van der Waals surface area contributed by atoms with Crippen LogP contribution in [0.4, 0.5) is 0 Å². The molecule has 0 bridgehead atoms. The van der Waals surface area contributed by atoms with E-state index < -0.39 is 0 Å². The number of hydrogen-bond acceptors (Lipinski definition) is 1. The molecule has 1 nitrogen and oxygen atoms in total. The van der Waals surface area contributed by atoms with Gasteiger partial charge in [0.05, 0.1) is 5.69 Å². The van der Waals surface area contributed by atoms with E-state index in [0.717, 1.165) is 11.3 Å². The fraction of sp³-hybridized carbons (Fsp3) is 0.308. The van der Waals surface area contributed by atoms with Gasteiger partial charge >= 0.3 is 0 Å². The van der Waals surface area contributed by atoms with Gasteiger partial charge in [0.1, 0.15) is 0 Å². The predicted octanol–water partition coefficient (Wildman–Crippen LogP) is 3.88. The normalized spacial score (nSPS) is 11.1. The maximum absolute atomic E-state index is 4.37. The molecule has 0 N–H and O–H groups in total. The minimum atomic E-state index is 0.519. The molecule has 0 spiro atoms. The van der Waals surface area contributed by atoms with Crippen LogP contribution in [-0.2, 0) is 0 Å². The van der Waals surface area contributed by atoms with Gasteiger partial charge in [0.2, 0.25) is 0 Å². The first-order valence-electron chi connectivity index (χ1n) is 4.94. The largest absolute Gasteiger partial charge is 0.256 e. The third-order valence-corrected chi connectivity index (χ3v) is 2.18. The molecule has 74 valence electrons. The van der Waals surface area contributed by atoms with Gasteiger partial charge < -0.3 is 0 Å². The van der Waals surface area contributed by atoms with Crippen LogP contribution in [0.1, 0.15) is 43.5 Å². The highest BCUT2D eigenvalue weighted by molar-refractivity contribution is 5.61. The Balaban J connectivity index is 3.20. The van der Waals surface area contributed by atoms with E-state index in [-0.39, 0.29) is 0 Å². The van der Waals surface area contributed by atoms with Crippen LogP contribution >= 0.6 is 0 Å². The van der Waals surface area contributed by atoms with E-state index >= 15 is 0 Å². The smallest absolute Gasteiger partial charge is 0.0696 e. The lowest BCUT2D eigenvalue weighted by Crippen LogP contribution is -1.93. The first-order chi connectivity index (χ1) is 6.69. The molecule has 1 heteroatoms. The molecule has 0 aliphatic rings. The summed E-state index contributed by atoms with van der Waals surface area (Å²) in [6, 6.07) is 2.18. The van der Waals surface area contributed by atoms with E-state index in [1.165, 1.54) is 5.56 Å². The molecule has 0 aliphatic heterocycles. The van der Waals surface area contributed by atoms with Gasteiger partial charge in [-0.2, -0.15) is 0 Å². The summed E-state index contributed by atoms with van der Waals surface area (Å²) in [6.07, 6.45) is 7.80. The minimum absolute atomic E-state index is 0.519. The number of pyridine rings is 1. The van der Waals surface area contributed by atoms with Crippen LogP contribution in [0.2, 0.25) is 0 Å². The molecule has 0 saturated carbocycles. The second-order valence-corrected chi connectivity index (χ2v) is 3.60. The Bertz CT molecular complexity index is 348. The molecule has 0 radical (unpaired) electrons. The van der Waals surface area contributed by atoms with Gasteiger partial charge in [-0.15, -0.1) is 0 Å². The first kappa shape index (κ1) is 10.7. The summed E-state index contributed by atoms with van der Waals surface area (Å²) < 4.78 is 0. The number of allylic oxidation sites excluding steroid dienone is 1. The quantitative estimate of drug-likeness (QED) is 0.699. The van der Waals surface area contributed by atoms with Crippen molar-refractivity contribution in [1.29, 1.82) is 0 Å². The summed E-state index contributed by atoms with van der Waals surface area (Å²) in [7, 11) is 0. The molecule has 0 fully saturated rings. The lowest BCUT2D eigenvalue weighted by atomic mass is 10.0. The molecule has 1 aromatic rings. The van der Waals surface area contributed by atoms with Gasteiger partial charge in [-0.25, -0.2) is 0 Å². The Labute approximate surface area is 86.2 Å². The molecule has 1 heterocycles. The molecule has 1 rings (SSSR count). The molecule has 0 saturated heterocycles. The zero-order valence-electron chi connectivity index (χ0n) is 9.12. The molecule has 14 heavy (non-hydrogen) atoms. The molecular formula is C13H17N. The summed E-state index contributed by atoms with van der Waals surface area (Å²) >= 11 is 0. The van der Waals surface area contributed by atoms with Crippen molar-refractivity contribution in [3.63, 3.8) is 0 Å². The topological polar surface area (TPSA) is 12.9 Å². The zero-order chi connectivity index (χ0) is 10.6. The van der Waals surface area contributed by atoms with Crippen molar-refractivity contribution in [1.82, 2.24) is 4.98 Å². The molecule has 1 aromatic heterocycles. The number of nitrogens with zero attached hydrogens (tertiary/aromatic N) is 1. The van der Waals surface area contributed by atoms with E-state index in [1.807, 2.05) is 19.2 Å². The Hall–Kier alpha value is -1.37. The van der Waals surface area contributed by atoms with E-state index in [4.69, 9.17) is 0 Å². The van der Waals surface area contributed by atoms with Crippen molar-refractivity contribution < 1.29 is 0 Å². The second kappa shape index (κ2) is 4.75. The Kier molecular flexibility index (Phi) is 3.63. The third-order valence-electron chi connectivity index (χ3n) is 2.18. The highest BCUT2D eigenvalue weighted by Gasteiger charge is 2.03.